The van der Waals surface area contributed by atoms with Crippen molar-refractivity contribution in [3.8, 4) is 0 Å². The van der Waals surface area contributed by atoms with Gasteiger partial charge in [-0.05, 0) is 67.8 Å². The SMILES string of the molecule is C[C@@]12CCC(=O)C=C1CC[C@H]1C2[C@H](O)C[C@]2(C)C1CC[C@@]2(O)C(=O)COC(=O)CCl. The summed E-state index contributed by atoms with van der Waals surface area (Å²) in [6.45, 7) is 3.58. The molecule has 0 heterocycles. The maximum absolute atomic E-state index is 12.9. The standard InChI is InChI=1S/C23H31ClO6/c1-21-7-5-14(25)9-13(21)3-4-15-16-6-8-23(29,18(27)12-30-19(28)11-24)22(16,2)10-17(26)20(15)21/h9,15-17,20,26,29H,3-8,10-12H2,1-2H3/t15-,16?,17-,20?,21-,22-,23-/m1/s1. The van der Waals surface area contributed by atoms with Crippen LogP contribution in [0.25, 0.3) is 0 Å². The minimum absolute atomic E-state index is 0.0233. The quantitative estimate of drug-likeness (QED) is 0.516. The van der Waals surface area contributed by atoms with Gasteiger partial charge in [-0.2, -0.15) is 0 Å². The maximum atomic E-state index is 12.9. The Morgan fingerprint density at radius 3 is 2.67 bits per heavy atom. The Morgan fingerprint density at radius 2 is 1.97 bits per heavy atom. The topological polar surface area (TPSA) is 101 Å². The predicted octanol–water partition coefficient (Wildman–Crippen LogP) is 2.57. The summed E-state index contributed by atoms with van der Waals surface area (Å²) in [7, 11) is 0. The van der Waals surface area contributed by atoms with E-state index < -0.39 is 35.5 Å². The average Bonchev–Trinajstić information content (AvgIpc) is 2.97. The van der Waals surface area contributed by atoms with E-state index in [2.05, 4.69) is 6.92 Å². The van der Waals surface area contributed by atoms with Crippen LogP contribution < -0.4 is 0 Å². The van der Waals surface area contributed by atoms with Crippen molar-refractivity contribution in [1.82, 2.24) is 0 Å². The molecule has 0 radical (unpaired) electrons. The van der Waals surface area contributed by atoms with Crippen LogP contribution in [0.5, 0.6) is 0 Å². The molecule has 0 aliphatic heterocycles. The first-order valence-corrected chi connectivity index (χ1v) is 11.5. The summed E-state index contributed by atoms with van der Waals surface area (Å²) in [5.74, 6) is -1.07. The van der Waals surface area contributed by atoms with Crippen molar-refractivity contribution < 1.29 is 29.3 Å². The molecule has 0 aromatic carbocycles. The molecule has 4 aliphatic carbocycles. The Labute approximate surface area is 182 Å². The highest BCUT2D eigenvalue weighted by Crippen LogP contribution is 2.67. The lowest BCUT2D eigenvalue weighted by Gasteiger charge is -2.60. The van der Waals surface area contributed by atoms with Gasteiger partial charge in [-0.1, -0.05) is 19.4 Å². The van der Waals surface area contributed by atoms with Gasteiger partial charge in [0.25, 0.3) is 0 Å². The zero-order valence-corrected chi connectivity index (χ0v) is 18.4. The predicted molar refractivity (Wildman–Crippen MR) is 110 cm³/mol. The molecule has 0 aromatic rings. The lowest BCUT2D eigenvalue weighted by molar-refractivity contribution is -0.184. The van der Waals surface area contributed by atoms with Crippen molar-refractivity contribution in [2.24, 2.45) is 28.6 Å². The van der Waals surface area contributed by atoms with Crippen LogP contribution in [-0.4, -0.2) is 51.9 Å². The van der Waals surface area contributed by atoms with Crippen molar-refractivity contribution in [2.45, 2.75) is 70.5 Å². The van der Waals surface area contributed by atoms with Crippen molar-refractivity contribution >= 4 is 29.1 Å². The van der Waals surface area contributed by atoms with Gasteiger partial charge in [-0.3, -0.25) is 14.4 Å². The normalized spacial score (nSPS) is 45.1. The number of allylic oxidation sites excluding steroid dienone is 1. The third-order valence-electron chi connectivity index (χ3n) is 8.98. The summed E-state index contributed by atoms with van der Waals surface area (Å²) >= 11 is 5.43. The van der Waals surface area contributed by atoms with E-state index in [0.717, 1.165) is 24.8 Å². The number of carbonyl (C=O) groups is 3. The first-order valence-electron chi connectivity index (χ1n) is 11.0. The van der Waals surface area contributed by atoms with Gasteiger partial charge in [0.2, 0.25) is 5.78 Å². The summed E-state index contributed by atoms with van der Waals surface area (Å²) in [6.07, 6.45) is 5.37. The van der Waals surface area contributed by atoms with E-state index in [1.165, 1.54) is 0 Å². The Balaban J connectivity index is 1.62. The number of esters is 1. The lowest BCUT2D eigenvalue weighted by atomic mass is 9.45. The second-order valence-electron chi connectivity index (χ2n) is 10.2. The first-order chi connectivity index (χ1) is 14.1. The molecule has 0 spiro atoms. The van der Waals surface area contributed by atoms with E-state index >= 15 is 0 Å². The van der Waals surface area contributed by atoms with E-state index in [4.69, 9.17) is 16.3 Å². The fourth-order valence-corrected chi connectivity index (χ4v) is 7.53. The Bertz CT molecular complexity index is 808. The van der Waals surface area contributed by atoms with Crippen LogP contribution in [0, 0.1) is 28.6 Å². The molecule has 30 heavy (non-hydrogen) atoms. The average molecular weight is 439 g/mol. The van der Waals surface area contributed by atoms with Crippen LogP contribution in [0.1, 0.15) is 58.8 Å². The third kappa shape index (κ3) is 3.01. The van der Waals surface area contributed by atoms with Gasteiger partial charge in [0.15, 0.2) is 12.4 Å². The molecule has 0 amide bonds. The minimum Gasteiger partial charge on any atom is -0.457 e. The lowest BCUT2D eigenvalue weighted by Crippen LogP contribution is -2.62. The van der Waals surface area contributed by atoms with Crippen molar-refractivity contribution in [1.29, 1.82) is 0 Å². The second-order valence-corrected chi connectivity index (χ2v) is 10.5. The highest BCUT2D eigenvalue weighted by atomic mass is 35.5. The van der Waals surface area contributed by atoms with Crippen LogP contribution >= 0.6 is 11.6 Å². The first kappa shape index (κ1) is 22.0. The molecule has 2 N–H and O–H groups in total. The smallest absolute Gasteiger partial charge is 0.321 e. The number of ether oxygens (including phenoxy) is 1. The molecule has 0 saturated heterocycles. The number of carbonyl (C=O) groups excluding carboxylic acids is 3. The molecule has 3 fully saturated rings. The molecule has 166 valence electrons. The Morgan fingerprint density at radius 1 is 1.23 bits per heavy atom. The van der Waals surface area contributed by atoms with Crippen LogP contribution in [0.15, 0.2) is 11.6 Å². The van der Waals surface area contributed by atoms with Gasteiger partial charge in [0.05, 0.1) is 6.10 Å². The van der Waals surface area contributed by atoms with Crippen molar-refractivity contribution in [2.75, 3.05) is 12.5 Å². The maximum Gasteiger partial charge on any atom is 0.321 e. The monoisotopic (exact) mass is 438 g/mol. The third-order valence-corrected chi connectivity index (χ3v) is 9.20. The molecule has 0 aromatic heterocycles. The molecular formula is C23H31ClO6. The molecule has 0 bridgehead atoms. The van der Waals surface area contributed by atoms with Gasteiger partial charge in [0.1, 0.15) is 11.5 Å². The van der Waals surface area contributed by atoms with Gasteiger partial charge < -0.3 is 14.9 Å². The molecule has 3 saturated carbocycles. The van der Waals surface area contributed by atoms with E-state index in [1.54, 1.807) is 6.08 Å². The summed E-state index contributed by atoms with van der Waals surface area (Å²) in [4.78, 5) is 36.3. The minimum atomic E-state index is -1.63. The summed E-state index contributed by atoms with van der Waals surface area (Å²) in [5, 5.41) is 22.8. The summed E-state index contributed by atoms with van der Waals surface area (Å²) in [5.41, 5.74) is -1.46. The fourth-order valence-electron chi connectivity index (χ4n) is 7.45. The van der Waals surface area contributed by atoms with E-state index in [0.29, 0.717) is 25.7 Å². The largest absolute Gasteiger partial charge is 0.457 e. The number of rotatable bonds is 4. The number of aliphatic hydroxyl groups excluding tert-OH is 1. The van der Waals surface area contributed by atoms with Gasteiger partial charge in [-0.25, -0.2) is 0 Å². The Kier molecular flexibility index (Phi) is 5.43. The van der Waals surface area contributed by atoms with E-state index in [9.17, 15) is 24.6 Å². The van der Waals surface area contributed by atoms with Gasteiger partial charge in [0, 0.05) is 11.8 Å². The van der Waals surface area contributed by atoms with Crippen LogP contribution in [0.3, 0.4) is 0 Å². The zero-order chi connectivity index (χ0) is 21.9. The molecule has 2 unspecified atom stereocenters. The van der Waals surface area contributed by atoms with Crippen molar-refractivity contribution in [3.05, 3.63) is 11.6 Å². The van der Waals surface area contributed by atoms with Gasteiger partial charge in [-0.15, -0.1) is 11.6 Å². The van der Waals surface area contributed by atoms with Crippen LogP contribution in [-0.2, 0) is 19.1 Å². The fraction of sp³-hybridized carbons (Fsp3) is 0.783. The van der Waals surface area contributed by atoms with E-state index in [-0.39, 0.29) is 34.8 Å². The molecule has 4 rings (SSSR count). The molecular weight excluding hydrogens is 408 g/mol. The zero-order valence-electron chi connectivity index (χ0n) is 17.7. The highest BCUT2D eigenvalue weighted by Gasteiger charge is 2.68. The Hall–Kier alpha value is -1.24. The number of hydrogen-bond acceptors (Lipinski definition) is 6. The number of aliphatic hydroxyl groups is 2. The van der Waals surface area contributed by atoms with Crippen LogP contribution in [0.4, 0.5) is 0 Å². The molecule has 7 atom stereocenters. The number of Topliss-reactive ketones (excluding diaryl/α,β-unsaturated/α-hetero) is 1. The van der Waals surface area contributed by atoms with Gasteiger partial charge >= 0.3 is 5.97 Å². The van der Waals surface area contributed by atoms with Crippen molar-refractivity contribution in [3.63, 3.8) is 0 Å². The second kappa shape index (κ2) is 7.42. The summed E-state index contributed by atoms with van der Waals surface area (Å²) < 4.78 is 4.90. The summed E-state index contributed by atoms with van der Waals surface area (Å²) in [6, 6.07) is 0. The van der Waals surface area contributed by atoms with E-state index in [1.807, 2.05) is 6.92 Å². The molecule has 7 heteroatoms. The number of ketones is 2. The number of halogens is 1. The van der Waals surface area contributed by atoms with Crippen LogP contribution in [0.2, 0.25) is 0 Å². The molecule has 4 aliphatic rings. The number of hydrogen-bond donors (Lipinski definition) is 2. The number of fused-ring (bicyclic) bond motifs is 5. The highest BCUT2D eigenvalue weighted by molar-refractivity contribution is 6.26. The number of alkyl halides is 1. The molecule has 6 nitrogen and oxygen atoms in total.